The minimum Gasteiger partial charge on any atom is -0.380 e. The van der Waals surface area contributed by atoms with Crippen molar-refractivity contribution in [3.05, 3.63) is 30.1 Å². The molecule has 0 bridgehead atoms. The van der Waals surface area contributed by atoms with Gasteiger partial charge in [0.2, 0.25) is 0 Å². The summed E-state index contributed by atoms with van der Waals surface area (Å²) in [6.07, 6.45) is 2.53. The van der Waals surface area contributed by atoms with Crippen LogP contribution in [0.15, 0.2) is 23.0 Å². The Bertz CT molecular complexity index is 517. The van der Waals surface area contributed by atoms with Crippen molar-refractivity contribution >= 4 is 0 Å². The number of ether oxygens (including phenoxy) is 1. The maximum absolute atomic E-state index is 13.4. The molecule has 2 heterocycles. The fourth-order valence-corrected chi connectivity index (χ4v) is 1.36. The minimum atomic E-state index is -0.522. The molecule has 0 saturated carbocycles. The second-order valence-corrected chi connectivity index (χ2v) is 3.58. The van der Waals surface area contributed by atoms with Gasteiger partial charge in [-0.2, -0.15) is 4.98 Å². The van der Waals surface area contributed by atoms with Crippen LogP contribution in [-0.2, 0) is 4.74 Å². The first-order valence-corrected chi connectivity index (χ1v) is 5.49. The summed E-state index contributed by atoms with van der Waals surface area (Å²) in [6, 6.07) is 0.966. The lowest BCUT2D eigenvalue weighted by Gasteiger charge is -2.05. The fraction of sp³-hybridized carbons (Fsp3) is 0.364. The lowest BCUT2D eigenvalue weighted by molar-refractivity contribution is 0.130. The molecule has 0 aliphatic rings. The lowest BCUT2D eigenvalue weighted by Crippen LogP contribution is -2.18. The van der Waals surface area contributed by atoms with Crippen LogP contribution >= 0.6 is 0 Å². The first kappa shape index (κ1) is 12.6. The molecule has 2 rings (SSSR count). The van der Waals surface area contributed by atoms with Crippen molar-refractivity contribution in [3.63, 3.8) is 0 Å². The van der Waals surface area contributed by atoms with E-state index >= 15 is 0 Å². The predicted molar refractivity (Wildman–Crippen MR) is 60.9 cm³/mol. The van der Waals surface area contributed by atoms with E-state index in [-0.39, 0.29) is 23.9 Å². The molecule has 96 valence electrons. The van der Waals surface area contributed by atoms with E-state index in [2.05, 4.69) is 15.1 Å². The summed E-state index contributed by atoms with van der Waals surface area (Å²) in [4.78, 5) is 7.69. The molecule has 18 heavy (non-hydrogen) atoms. The van der Waals surface area contributed by atoms with E-state index < -0.39 is 11.9 Å². The van der Waals surface area contributed by atoms with Gasteiger partial charge >= 0.3 is 0 Å². The van der Waals surface area contributed by atoms with Gasteiger partial charge in [-0.25, -0.2) is 4.39 Å². The topological polar surface area (TPSA) is 87.1 Å². The Morgan fingerprint density at radius 2 is 2.39 bits per heavy atom. The van der Waals surface area contributed by atoms with E-state index in [1.54, 1.807) is 0 Å². The van der Waals surface area contributed by atoms with Crippen molar-refractivity contribution in [2.45, 2.75) is 13.0 Å². The van der Waals surface area contributed by atoms with Gasteiger partial charge in [0, 0.05) is 12.8 Å². The van der Waals surface area contributed by atoms with Crippen molar-refractivity contribution in [1.82, 2.24) is 15.1 Å². The highest BCUT2D eigenvalue weighted by molar-refractivity contribution is 5.52. The van der Waals surface area contributed by atoms with Crippen molar-refractivity contribution in [2.24, 2.45) is 5.73 Å². The first-order valence-electron chi connectivity index (χ1n) is 5.49. The summed E-state index contributed by atoms with van der Waals surface area (Å²) in [7, 11) is 0. The molecule has 7 heteroatoms. The zero-order valence-electron chi connectivity index (χ0n) is 9.84. The smallest absolute Gasteiger partial charge is 0.261 e. The molecule has 0 amide bonds. The third kappa shape index (κ3) is 2.69. The van der Waals surface area contributed by atoms with Crippen LogP contribution < -0.4 is 5.73 Å². The SMILES string of the molecule is CCOCC(N)c1noc(-c2ccncc2F)n1. The normalized spacial score (nSPS) is 12.6. The third-order valence-corrected chi connectivity index (χ3v) is 2.28. The molecule has 0 saturated heterocycles. The maximum Gasteiger partial charge on any atom is 0.261 e. The molecule has 0 aliphatic carbocycles. The van der Waals surface area contributed by atoms with Crippen LogP contribution in [0.25, 0.3) is 11.5 Å². The maximum atomic E-state index is 13.4. The Balaban J connectivity index is 2.18. The van der Waals surface area contributed by atoms with Crippen LogP contribution in [-0.4, -0.2) is 28.3 Å². The third-order valence-electron chi connectivity index (χ3n) is 2.28. The molecule has 0 radical (unpaired) electrons. The van der Waals surface area contributed by atoms with E-state index in [9.17, 15) is 4.39 Å². The van der Waals surface area contributed by atoms with Crippen LogP contribution in [0.4, 0.5) is 4.39 Å². The van der Waals surface area contributed by atoms with E-state index in [1.807, 2.05) is 6.92 Å². The second-order valence-electron chi connectivity index (χ2n) is 3.58. The summed E-state index contributed by atoms with van der Waals surface area (Å²) >= 11 is 0. The summed E-state index contributed by atoms with van der Waals surface area (Å²) in [6.45, 7) is 2.70. The Kier molecular flexibility index (Phi) is 3.96. The Labute approximate surface area is 103 Å². The number of rotatable bonds is 5. The second kappa shape index (κ2) is 5.65. The molecule has 0 aromatic carbocycles. The van der Waals surface area contributed by atoms with E-state index in [0.29, 0.717) is 6.61 Å². The zero-order chi connectivity index (χ0) is 13.0. The number of hydrogen-bond acceptors (Lipinski definition) is 6. The Hall–Kier alpha value is -1.86. The van der Waals surface area contributed by atoms with Crippen molar-refractivity contribution < 1.29 is 13.7 Å². The molecular weight excluding hydrogens is 239 g/mol. The highest BCUT2D eigenvalue weighted by atomic mass is 19.1. The van der Waals surface area contributed by atoms with Gasteiger partial charge in [-0.05, 0) is 13.0 Å². The molecule has 0 fully saturated rings. The highest BCUT2D eigenvalue weighted by Gasteiger charge is 2.17. The van der Waals surface area contributed by atoms with Crippen LogP contribution in [0.3, 0.4) is 0 Å². The van der Waals surface area contributed by atoms with Crippen molar-refractivity contribution in [1.29, 1.82) is 0 Å². The summed E-state index contributed by atoms with van der Waals surface area (Å²) < 4.78 is 23.6. The van der Waals surface area contributed by atoms with Gasteiger partial charge in [0.1, 0.15) is 0 Å². The first-order chi connectivity index (χ1) is 8.72. The van der Waals surface area contributed by atoms with Crippen molar-refractivity contribution in [3.8, 4) is 11.5 Å². The summed E-state index contributed by atoms with van der Waals surface area (Å²) in [5.41, 5.74) is 6.00. The van der Waals surface area contributed by atoms with Gasteiger partial charge in [-0.1, -0.05) is 5.16 Å². The minimum absolute atomic E-state index is 0.0804. The van der Waals surface area contributed by atoms with E-state index in [4.69, 9.17) is 15.0 Å². The van der Waals surface area contributed by atoms with E-state index in [0.717, 1.165) is 6.20 Å². The molecule has 2 aromatic heterocycles. The molecular formula is C11H13FN4O2. The van der Waals surface area contributed by atoms with Gasteiger partial charge < -0.3 is 15.0 Å². The van der Waals surface area contributed by atoms with Gasteiger partial charge in [0.15, 0.2) is 11.6 Å². The monoisotopic (exact) mass is 252 g/mol. The van der Waals surface area contributed by atoms with Crippen molar-refractivity contribution in [2.75, 3.05) is 13.2 Å². The summed E-state index contributed by atoms with van der Waals surface area (Å²) in [5, 5.41) is 3.71. The Morgan fingerprint density at radius 3 is 3.11 bits per heavy atom. The Morgan fingerprint density at radius 1 is 1.56 bits per heavy atom. The van der Waals surface area contributed by atoms with Crippen LogP contribution in [0, 0.1) is 5.82 Å². The number of nitrogens with two attached hydrogens (primary N) is 1. The lowest BCUT2D eigenvalue weighted by atomic mass is 10.2. The molecule has 1 atom stereocenters. The van der Waals surface area contributed by atoms with Crippen LogP contribution in [0.2, 0.25) is 0 Å². The zero-order valence-corrected chi connectivity index (χ0v) is 9.84. The number of nitrogens with zero attached hydrogens (tertiary/aromatic N) is 3. The summed E-state index contributed by atoms with van der Waals surface area (Å²) in [5.74, 6) is -0.155. The highest BCUT2D eigenvalue weighted by Crippen LogP contribution is 2.20. The quantitative estimate of drug-likeness (QED) is 0.863. The average molecular weight is 252 g/mol. The van der Waals surface area contributed by atoms with Gasteiger partial charge in [0.25, 0.3) is 5.89 Å². The number of aromatic nitrogens is 3. The van der Waals surface area contributed by atoms with Gasteiger partial charge in [-0.15, -0.1) is 0 Å². The van der Waals surface area contributed by atoms with Gasteiger partial charge in [-0.3, -0.25) is 4.98 Å². The average Bonchev–Trinajstić information content (AvgIpc) is 2.86. The fourth-order valence-electron chi connectivity index (χ4n) is 1.36. The molecule has 1 unspecified atom stereocenters. The van der Waals surface area contributed by atoms with Crippen LogP contribution in [0.5, 0.6) is 0 Å². The largest absolute Gasteiger partial charge is 0.380 e. The molecule has 2 aromatic rings. The number of pyridine rings is 1. The predicted octanol–water partition coefficient (Wildman–Crippen LogP) is 1.31. The number of halogens is 1. The van der Waals surface area contributed by atoms with Gasteiger partial charge in [0.05, 0.1) is 24.4 Å². The standard InChI is InChI=1S/C11H13FN4O2/c1-2-17-6-9(13)10-15-11(18-16-10)7-3-4-14-5-8(7)12/h3-5,9H,2,6,13H2,1H3. The van der Waals surface area contributed by atoms with Crippen LogP contribution in [0.1, 0.15) is 18.8 Å². The molecule has 0 spiro atoms. The number of hydrogen-bond donors (Lipinski definition) is 1. The molecule has 0 aliphatic heterocycles. The molecule has 6 nitrogen and oxygen atoms in total. The van der Waals surface area contributed by atoms with E-state index in [1.165, 1.54) is 12.3 Å². The molecule has 2 N–H and O–H groups in total.